The minimum Gasteiger partial charge on any atom is -0.467 e. The molecular formula is C23H25N3O3S. The van der Waals surface area contributed by atoms with Gasteiger partial charge in [-0.3, -0.25) is 14.6 Å². The molecule has 6 nitrogen and oxygen atoms in total. The van der Waals surface area contributed by atoms with Gasteiger partial charge in [-0.2, -0.15) is 0 Å². The van der Waals surface area contributed by atoms with Gasteiger partial charge in [0.15, 0.2) is 0 Å². The van der Waals surface area contributed by atoms with Crippen LogP contribution in [0.25, 0.3) is 0 Å². The van der Waals surface area contributed by atoms with Gasteiger partial charge in [0.1, 0.15) is 17.5 Å². The van der Waals surface area contributed by atoms with E-state index in [0.717, 1.165) is 30.6 Å². The van der Waals surface area contributed by atoms with Crippen molar-refractivity contribution in [2.24, 2.45) is 0 Å². The summed E-state index contributed by atoms with van der Waals surface area (Å²) in [6.45, 7) is 0.184. The number of pyridine rings is 1. The van der Waals surface area contributed by atoms with Crippen molar-refractivity contribution < 1.29 is 14.0 Å². The largest absolute Gasteiger partial charge is 0.467 e. The number of furan rings is 1. The first kappa shape index (κ1) is 20.3. The van der Waals surface area contributed by atoms with E-state index in [0.29, 0.717) is 11.5 Å². The van der Waals surface area contributed by atoms with Crippen LogP contribution in [0, 0.1) is 0 Å². The van der Waals surface area contributed by atoms with Crippen LogP contribution in [0.3, 0.4) is 0 Å². The van der Waals surface area contributed by atoms with Crippen LogP contribution >= 0.6 is 11.3 Å². The number of amides is 2. The molecule has 0 unspecified atom stereocenters. The van der Waals surface area contributed by atoms with E-state index in [1.54, 1.807) is 41.6 Å². The number of nitrogens with zero attached hydrogens (tertiary/aromatic N) is 2. The topological polar surface area (TPSA) is 75.4 Å². The molecule has 1 fully saturated rings. The number of hydrogen-bond donors (Lipinski definition) is 1. The molecule has 0 aliphatic heterocycles. The van der Waals surface area contributed by atoms with Crippen molar-refractivity contribution in [1.82, 2.24) is 15.2 Å². The fraction of sp³-hybridized carbons (Fsp3) is 0.348. The summed E-state index contributed by atoms with van der Waals surface area (Å²) in [4.78, 5) is 33.5. The Kier molecular flexibility index (Phi) is 6.59. The number of hydrogen-bond acceptors (Lipinski definition) is 5. The van der Waals surface area contributed by atoms with E-state index >= 15 is 0 Å². The normalized spacial score (nSPS) is 15.5. The summed E-state index contributed by atoms with van der Waals surface area (Å²) in [5.41, 5.74) is 0.302. The zero-order valence-corrected chi connectivity index (χ0v) is 17.5. The molecule has 4 rings (SSSR count). The lowest BCUT2D eigenvalue weighted by atomic mass is 9.95. The number of carbonyl (C=O) groups is 2. The molecule has 2 amide bonds. The van der Waals surface area contributed by atoms with Crippen molar-refractivity contribution in [3.8, 4) is 0 Å². The first-order valence-corrected chi connectivity index (χ1v) is 11.2. The van der Waals surface area contributed by atoms with Gasteiger partial charge in [-0.1, -0.05) is 31.4 Å². The van der Waals surface area contributed by atoms with Gasteiger partial charge >= 0.3 is 0 Å². The van der Waals surface area contributed by atoms with Gasteiger partial charge in [-0.25, -0.2) is 0 Å². The van der Waals surface area contributed by atoms with E-state index in [4.69, 9.17) is 4.42 Å². The van der Waals surface area contributed by atoms with Crippen LogP contribution in [-0.4, -0.2) is 27.7 Å². The number of thiophene rings is 1. The Morgan fingerprint density at radius 2 is 2.00 bits per heavy atom. The molecule has 3 aromatic rings. The number of nitrogens with one attached hydrogen (secondary N) is 1. The van der Waals surface area contributed by atoms with Gasteiger partial charge in [0.2, 0.25) is 5.91 Å². The van der Waals surface area contributed by atoms with Gasteiger partial charge in [-0.05, 0) is 48.6 Å². The molecule has 30 heavy (non-hydrogen) atoms. The van der Waals surface area contributed by atoms with Gasteiger partial charge in [0.05, 0.1) is 12.8 Å². The molecule has 156 valence electrons. The molecule has 0 spiro atoms. The summed E-state index contributed by atoms with van der Waals surface area (Å²) in [5.74, 6) is 0.163. The van der Waals surface area contributed by atoms with Crippen molar-refractivity contribution in [3.05, 3.63) is 76.6 Å². The Labute approximate surface area is 179 Å². The van der Waals surface area contributed by atoms with E-state index in [-0.39, 0.29) is 24.4 Å². The quantitative estimate of drug-likeness (QED) is 0.604. The van der Waals surface area contributed by atoms with Gasteiger partial charge in [0.25, 0.3) is 5.91 Å². The smallest absolute Gasteiger partial charge is 0.273 e. The fourth-order valence-electron chi connectivity index (χ4n) is 3.89. The Balaban J connectivity index is 1.67. The highest BCUT2D eigenvalue weighted by atomic mass is 32.1. The number of rotatable bonds is 7. The molecule has 1 atom stereocenters. The Morgan fingerprint density at radius 3 is 2.67 bits per heavy atom. The van der Waals surface area contributed by atoms with E-state index < -0.39 is 6.04 Å². The van der Waals surface area contributed by atoms with Crippen LogP contribution < -0.4 is 5.32 Å². The zero-order valence-electron chi connectivity index (χ0n) is 16.7. The molecule has 1 aliphatic carbocycles. The van der Waals surface area contributed by atoms with Gasteiger partial charge in [-0.15, -0.1) is 11.3 Å². The second kappa shape index (κ2) is 9.71. The fourth-order valence-corrected chi connectivity index (χ4v) is 4.72. The molecule has 7 heteroatoms. The first-order chi connectivity index (χ1) is 14.7. The molecule has 3 aromatic heterocycles. The molecule has 3 heterocycles. The first-order valence-electron chi connectivity index (χ1n) is 10.3. The van der Waals surface area contributed by atoms with Crippen LogP contribution in [0.2, 0.25) is 0 Å². The van der Waals surface area contributed by atoms with Crippen molar-refractivity contribution in [2.75, 3.05) is 0 Å². The zero-order chi connectivity index (χ0) is 20.8. The van der Waals surface area contributed by atoms with E-state index in [2.05, 4.69) is 10.3 Å². The third-order valence-corrected chi connectivity index (χ3v) is 6.30. The summed E-state index contributed by atoms with van der Waals surface area (Å²) in [6, 6.07) is 12.0. The summed E-state index contributed by atoms with van der Waals surface area (Å²) in [7, 11) is 0. The van der Waals surface area contributed by atoms with Crippen molar-refractivity contribution >= 4 is 23.2 Å². The van der Waals surface area contributed by atoms with Crippen LogP contribution in [0.15, 0.2) is 64.7 Å². The summed E-state index contributed by atoms with van der Waals surface area (Å²) in [6.07, 6.45) is 8.57. The highest BCUT2D eigenvalue weighted by Crippen LogP contribution is 2.29. The maximum Gasteiger partial charge on any atom is 0.273 e. The summed E-state index contributed by atoms with van der Waals surface area (Å²) < 4.78 is 5.50. The van der Waals surface area contributed by atoms with Gasteiger partial charge in [0, 0.05) is 17.1 Å². The van der Waals surface area contributed by atoms with Crippen LogP contribution in [0.4, 0.5) is 0 Å². The summed E-state index contributed by atoms with van der Waals surface area (Å²) in [5, 5.41) is 5.12. The van der Waals surface area contributed by atoms with Crippen LogP contribution in [-0.2, 0) is 11.3 Å². The van der Waals surface area contributed by atoms with E-state index in [9.17, 15) is 9.59 Å². The Bertz CT molecular complexity index is 936. The van der Waals surface area contributed by atoms with E-state index in [1.807, 2.05) is 23.6 Å². The highest BCUT2D eigenvalue weighted by molar-refractivity contribution is 7.10. The second-order valence-corrected chi connectivity index (χ2v) is 8.47. The van der Waals surface area contributed by atoms with Crippen LogP contribution in [0.5, 0.6) is 0 Å². The average molecular weight is 424 g/mol. The minimum atomic E-state index is -0.744. The maximum atomic E-state index is 13.5. The van der Waals surface area contributed by atoms with Crippen molar-refractivity contribution in [3.63, 3.8) is 0 Å². The number of aromatic nitrogens is 1. The molecule has 0 bridgehead atoms. The van der Waals surface area contributed by atoms with Gasteiger partial charge < -0.3 is 14.6 Å². The lowest BCUT2D eigenvalue weighted by molar-refractivity contribution is -0.127. The van der Waals surface area contributed by atoms with E-state index in [1.165, 1.54) is 17.8 Å². The third kappa shape index (κ3) is 4.79. The van der Waals surface area contributed by atoms with Crippen molar-refractivity contribution in [2.45, 2.75) is 50.7 Å². The molecule has 1 saturated carbocycles. The standard InChI is InChI=1S/C23H25N3O3S/c27-22(25-17-8-2-1-3-9-17)21(20-12-7-15-30-20)26(16-18-10-6-14-29-18)23(28)19-11-4-5-13-24-19/h4-7,10-15,17,21H,1-3,8-9,16H2,(H,25,27)/t21-/m1/s1. The SMILES string of the molecule is O=C(NC1CCCCC1)[C@@H](c1cccs1)N(Cc1ccco1)C(=O)c1ccccn1. The van der Waals surface area contributed by atoms with Crippen LogP contribution in [0.1, 0.15) is 59.3 Å². The minimum absolute atomic E-state index is 0.153. The molecule has 0 saturated heterocycles. The monoisotopic (exact) mass is 423 g/mol. The predicted molar refractivity (Wildman–Crippen MR) is 115 cm³/mol. The molecule has 0 radical (unpaired) electrons. The Morgan fingerprint density at radius 1 is 1.13 bits per heavy atom. The lowest BCUT2D eigenvalue weighted by Crippen LogP contribution is -2.46. The average Bonchev–Trinajstić information content (AvgIpc) is 3.49. The van der Waals surface area contributed by atoms with Crippen molar-refractivity contribution in [1.29, 1.82) is 0 Å². The predicted octanol–water partition coefficient (Wildman–Crippen LogP) is 4.57. The highest BCUT2D eigenvalue weighted by Gasteiger charge is 2.35. The summed E-state index contributed by atoms with van der Waals surface area (Å²) >= 11 is 1.47. The molecule has 1 N–H and O–H groups in total. The molecule has 0 aromatic carbocycles. The molecular weight excluding hydrogens is 398 g/mol. The second-order valence-electron chi connectivity index (χ2n) is 7.49. The Hall–Kier alpha value is -2.93. The third-order valence-electron chi connectivity index (χ3n) is 5.38. The number of carbonyl (C=O) groups excluding carboxylic acids is 2. The maximum absolute atomic E-state index is 13.5. The lowest BCUT2D eigenvalue weighted by Gasteiger charge is -2.32. The molecule has 1 aliphatic rings.